The third-order valence-corrected chi connectivity index (χ3v) is 4.52. The van der Waals surface area contributed by atoms with Crippen LogP contribution in [-0.2, 0) is 9.84 Å². The molecule has 1 aliphatic heterocycles. The Morgan fingerprint density at radius 2 is 2.12 bits per heavy atom. The van der Waals surface area contributed by atoms with Crippen molar-refractivity contribution in [1.82, 2.24) is 4.90 Å². The summed E-state index contributed by atoms with van der Waals surface area (Å²) in [7, 11) is -2.88. The monoisotopic (exact) mass is 263 g/mol. The van der Waals surface area contributed by atoms with Gasteiger partial charge in [0.25, 0.3) is 0 Å². The van der Waals surface area contributed by atoms with Crippen molar-refractivity contribution in [3.63, 3.8) is 0 Å². The maximum atomic E-state index is 11.2. The first-order valence-corrected chi connectivity index (χ1v) is 8.51. The largest absolute Gasteiger partial charge is 0.396 e. The van der Waals surface area contributed by atoms with Crippen molar-refractivity contribution in [2.45, 2.75) is 38.6 Å². The highest BCUT2D eigenvalue weighted by atomic mass is 32.2. The van der Waals surface area contributed by atoms with Gasteiger partial charge < -0.3 is 10.0 Å². The Hall–Kier alpha value is -0.130. The summed E-state index contributed by atoms with van der Waals surface area (Å²) in [5.41, 5.74) is 0. The van der Waals surface area contributed by atoms with Crippen molar-refractivity contribution < 1.29 is 13.5 Å². The number of rotatable bonds is 6. The zero-order valence-corrected chi connectivity index (χ0v) is 11.7. The maximum absolute atomic E-state index is 11.2. The molecule has 2 atom stereocenters. The highest BCUT2D eigenvalue weighted by molar-refractivity contribution is 7.90. The summed E-state index contributed by atoms with van der Waals surface area (Å²) in [6.07, 6.45) is 5.65. The highest BCUT2D eigenvalue weighted by Gasteiger charge is 2.24. The van der Waals surface area contributed by atoms with E-state index in [1.807, 2.05) is 6.92 Å². The van der Waals surface area contributed by atoms with Gasteiger partial charge in [-0.25, -0.2) is 8.42 Å². The van der Waals surface area contributed by atoms with Crippen LogP contribution in [-0.4, -0.2) is 56.2 Å². The van der Waals surface area contributed by atoms with Crippen LogP contribution in [0.25, 0.3) is 0 Å². The first kappa shape index (κ1) is 14.9. The van der Waals surface area contributed by atoms with Gasteiger partial charge in [0.05, 0.1) is 5.75 Å². The van der Waals surface area contributed by atoms with Crippen LogP contribution in [0, 0.1) is 5.92 Å². The van der Waals surface area contributed by atoms with Crippen LogP contribution in [0.1, 0.15) is 32.6 Å². The molecular formula is C12H25NO3S. The zero-order valence-electron chi connectivity index (χ0n) is 10.9. The molecule has 0 saturated carbocycles. The second-order valence-electron chi connectivity index (χ2n) is 5.35. The fraction of sp³-hybridized carbons (Fsp3) is 1.00. The summed E-state index contributed by atoms with van der Waals surface area (Å²) < 4.78 is 22.5. The molecule has 1 fully saturated rings. The predicted octanol–water partition coefficient (Wildman–Crippen LogP) is 0.904. The minimum absolute atomic E-state index is 0.171. The SMILES string of the molecule is CC(CN1CCCCC1CCO)CS(C)(=O)=O. The minimum Gasteiger partial charge on any atom is -0.396 e. The molecule has 0 aromatic rings. The molecular weight excluding hydrogens is 238 g/mol. The second kappa shape index (κ2) is 6.71. The molecule has 1 aliphatic rings. The van der Waals surface area contributed by atoms with E-state index in [1.54, 1.807) is 0 Å². The molecule has 2 unspecified atom stereocenters. The molecule has 0 bridgehead atoms. The van der Waals surface area contributed by atoms with Gasteiger partial charge in [-0.1, -0.05) is 13.3 Å². The van der Waals surface area contributed by atoms with Crippen molar-refractivity contribution in [2.24, 2.45) is 5.92 Å². The Balaban J connectivity index is 2.46. The number of nitrogens with zero attached hydrogens (tertiary/aromatic N) is 1. The Bertz CT molecular complexity index is 314. The van der Waals surface area contributed by atoms with Gasteiger partial charge in [-0.2, -0.15) is 0 Å². The minimum atomic E-state index is -2.88. The molecule has 102 valence electrons. The lowest BCUT2D eigenvalue weighted by Gasteiger charge is -2.37. The van der Waals surface area contributed by atoms with Crippen LogP contribution in [0.15, 0.2) is 0 Å². The first-order valence-electron chi connectivity index (χ1n) is 6.45. The summed E-state index contributed by atoms with van der Waals surface area (Å²) in [6, 6.07) is 0.441. The Morgan fingerprint density at radius 1 is 1.41 bits per heavy atom. The van der Waals surface area contributed by atoms with Gasteiger partial charge in [-0.15, -0.1) is 0 Å². The molecule has 0 aromatic heterocycles. The molecule has 17 heavy (non-hydrogen) atoms. The number of likely N-dealkylation sites (tertiary alicyclic amines) is 1. The number of sulfone groups is 1. The van der Waals surface area contributed by atoms with Crippen LogP contribution in [0.5, 0.6) is 0 Å². The van der Waals surface area contributed by atoms with Gasteiger partial charge in [-0.3, -0.25) is 0 Å². The van der Waals surface area contributed by atoms with Crippen molar-refractivity contribution >= 4 is 9.84 Å². The van der Waals surface area contributed by atoms with E-state index in [0.29, 0.717) is 6.04 Å². The topological polar surface area (TPSA) is 57.6 Å². The van der Waals surface area contributed by atoms with Gasteiger partial charge in [0.15, 0.2) is 0 Å². The van der Waals surface area contributed by atoms with Crippen molar-refractivity contribution in [3.8, 4) is 0 Å². The summed E-state index contributed by atoms with van der Waals surface area (Å²) in [4.78, 5) is 2.36. The number of piperidine rings is 1. The molecule has 0 aliphatic carbocycles. The van der Waals surface area contributed by atoms with E-state index in [4.69, 9.17) is 5.11 Å². The molecule has 0 radical (unpaired) electrons. The predicted molar refractivity (Wildman–Crippen MR) is 69.8 cm³/mol. The average molecular weight is 263 g/mol. The van der Waals surface area contributed by atoms with Crippen LogP contribution < -0.4 is 0 Å². The summed E-state index contributed by atoms with van der Waals surface area (Å²) in [5.74, 6) is 0.430. The molecule has 1 rings (SSSR count). The lowest BCUT2D eigenvalue weighted by molar-refractivity contribution is 0.107. The van der Waals surface area contributed by atoms with E-state index in [9.17, 15) is 8.42 Å². The van der Waals surface area contributed by atoms with Crippen LogP contribution >= 0.6 is 0 Å². The van der Waals surface area contributed by atoms with Crippen molar-refractivity contribution in [1.29, 1.82) is 0 Å². The lowest BCUT2D eigenvalue weighted by atomic mass is 9.98. The van der Waals surface area contributed by atoms with Gasteiger partial charge in [0.1, 0.15) is 9.84 Å². The van der Waals surface area contributed by atoms with E-state index in [2.05, 4.69) is 4.90 Å². The van der Waals surface area contributed by atoms with Gasteiger partial charge >= 0.3 is 0 Å². The van der Waals surface area contributed by atoms with E-state index >= 15 is 0 Å². The Morgan fingerprint density at radius 3 is 2.71 bits per heavy atom. The molecule has 0 aromatic carbocycles. The van der Waals surface area contributed by atoms with Crippen molar-refractivity contribution in [2.75, 3.05) is 31.7 Å². The fourth-order valence-corrected chi connectivity index (χ4v) is 3.89. The number of hydrogen-bond acceptors (Lipinski definition) is 4. The van der Waals surface area contributed by atoms with E-state index in [0.717, 1.165) is 25.9 Å². The molecule has 0 spiro atoms. The molecule has 5 heteroatoms. The number of aliphatic hydroxyl groups excluding tert-OH is 1. The summed E-state index contributed by atoms with van der Waals surface area (Å²) >= 11 is 0. The summed E-state index contributed by atoms with van der Waals surface area (Å²) in [5, 5.41) is 9.03. The smallest absolute Gasteiger partial charge is 0.147 e. The van der Waals surface area contributed by atoms with Gasteiger partial charge in [0, 0.05) is 25.4 Å². The third-order valence-electron chi connectivity index (χ3n) is 3.34. The standard InChI is InChI=1S/C12H25NO3S/c1-11(10-17(2,15)16)9-13-7-4-3-5-12(13)6-8-14/h11-12,14H,3-10H2,1-2H3. The zero-order chi connectivity index (χ0) is 12.9. The van der Waals surface area contributed by atoms with E-state index in [1.165, 1.54) is 19.1 Å². The molecule has 1 saturated heterocycles. The third kappa shape index (κ3) is 5.84. The van der Waals surface area contributed by atoms with Crippen LogP contribution in [0.2, 0.25) is 0 Å². The Kier molecular flexibility index (Phi) is 5.89. The lowest BCUT2D eigenvalue weighted by Crippen LogP contribution is -2.43. The molecule has 4 nitrogen and oxygen atoms in total. The van der Waals surface area contributed by atoms with Crippen molar-refractivity contribution in [3.05, 3.63) is 0 Å². The van der Waals surface area contributed by atoms with Gasteiger partial charge in [0.2, 0.25) is 0 Å². The first-order chi connectivity index (χ1) is 7.92. The van der Waals surface area contributed by atoms with E-state index in [-0.39, 0.29) is 18.3 Å². The molecule has 0 amide bonds. The van der Waals surface area contributed by atoms with Gasteiger partial charge in [-0.05, 0) is 31.7 Å². The quantitative estimate of drug-likeness (QED) is 0.774. The molecule has 1 heterocycles. The molecule has 1 N–H and O–H groups in total. The maximum Gasteiger partial charge on any atom is 0.147 e. The Labute approximate surface area is 105 Å². The van der Waals surface area contributed by atoms with Crippen LogP contribution in [0.3, 0.4) is 0 Å². The fourth-order valence-electron chi connectivity index (χ4n) is 2.75. The second-order valence-corrected chi connectivity index (χ2v) is 7.54. The van der Waals surface area contributed by atoms with Crippen LogP contribution in [0.4, 0.5) is 0 Å². The normalized spacial score (nSPS) is 24.8. The summed E-state index contributed by atoms with van der Waals surface area (Å²) in [6.45, 7) is 4.09. The number of aliphatic hydroxyl groups is 1. The van der Waals surface area contributed by atoms with E-state index < -0.39 is 9.84 Å². The average Bonchev–Trinajstić information content (AvgIpc) is 2.18. The highest BCUT2D eigenvalue weighted by Crippen LogP contribution is 2.20. The number of hydrogen-bond donors (Lipinski definition) is 1.